The number of carbonyl (C=O) groups excluding carboxylic acids is 1. The first-order chi connectivity index (χ1) is 8.00. The summed E-state index contributed by atoms with van der Waals surface area (Å²) in [6.45, 7) is 3.94. The largest absolute Gasteiger partial charge is 0.287 e. The third kappa shape index (κ3) is 2.56. The maximum absolute atomic E-state index is 12.3. The van der Waals surface area contributed by atoms with Crippen molar-refractivity contribution in [3.8, 4) is 0 Å². The molecule has 17 heavy (non-hydrogen) atoms. The molecule has 0 saturated carbocycles. The zero-order valence-electron chi connectivity index (χ0n) is 9.28. The van der Waals surface area contributed by atoms with Crippen molar-refractivity contribution in [3.63, 3.8) is 0 Å². The molecule has 0 aliphatic carbocycles. The molecule has 0 aromatic carbocycles. The van der Waals surface area contributed by atoms with Gasteiger partial charge in [0.2, 0.25) is 5.78 Å². The average Bonchev–Trinajstić information content (AvgIpc) is 2.83. The van der Waals surface area contributed by atoms with E-state index < -0.39 is 0 Å². The van der Waals surface area contributed by atoms with Crippen LogP contribution in [-0.2, 0) is 0 Å². The van der Waals surface area contributed by atoms with Gasteiger partial charge in [-0.2, -0.15) is 5.10 Å². The lowest BCUT2D eigenvalue weighted by Gasteiger charge is -2.09. The molecule has 2 aromatic rings. The molecule has 0 amide bonds. The number of thiophene rings is 1. The number of carbonyl (C=O) groups is 1. The van der Waals surface area contributed by atoms with Gasteiger partial charge in [0.05, 0.1) is 14.1 Å². The molecule has 0 N–H and O–H groups in total. The third-order valence-electron chi connectivity index (χ3n) is 2.28. The Kier molecular flexibility index (Phi) is 3.89. The van der Waals surface area contributed by atoms with Gasteiger partial charge >= 0.3 is 0 Å². The first kappa shape index (κ1) is 13.0. The molecule has 2 aromatic heterocycles. The lowest BCUT2D eigenvalue weighted by Crippen LogP contribution is -2.13. The van der Waals surface area contributed by atoms with Crippen LogP contribution in [0.5, 0.6) is 0 Å². The fraction of sp³-hybridized carbons (Fsp3) is 0.273. The number of hydrogen-bond donors (Lipinski definition) is 0. The van der Waals surface area contributed by atoms with Gasteiger partial charge in [-0.1, -0.05) is 11.6 Å². The molecule has 0 fully saturated rings. The van der Waals surface area contributed by atoms with Gasteiger partial charge in [-0.25, -0.2) is 0 Å². The fourth-order valence-corrected chi connectivity index (χ4v) is 3.05. The van der Waals surface area contributed by atoms with E-state index in [9.17, 15) is 4.79 Å². The highest BCUT2D eigenvalue weighted by Crippen LogP contribution is 2.25. The first-order valence-electron chi connectivity index (χ1n) is 5.02. The standard InChI is InChI=1S/C11H10ClIN2OS/c1-6(2)15-10(8(12)4-14-15)11(16)7-3-9(13)17-5-7/h3-6H,1-2H3. The van der Waals surface area contributed by atoms with E-state index in [1.165, 1.54) is 6.20 Å². The number of hydrogen-bond acceptors (Lipinski definition) is 3. The van der Waals surface area contributed by atoms with E-state index in [1.54, 1.807) is 16.0 Å². The lowest BCUT2D eigenvalue weighted by atomic mass is 10.1. The minimum Gasteiger partial charge on any atom is -0.287 e. The predicted molar refractivity (Wildman–Crippen MR) is 78.1 cm³/mol. The maximum Gasteiger partial charge on any atom is 0.213 e. The van der Waals surface area contributed by atoms with Crippen LogP contribution < -0.4 is 0 Å². The van der Waals surface area contributed by atoms with Crippen molar-refractivity contribution in [1.29, 1.82) is 0 Å². The van der Waals surface area contributed by atoms with Crippen LogP contribution >= 0.6 is 45.5 Å². The minimum atomic E-state index is -0.0691. The normalized spacial score (nSPS) is 11.1. The van der Waals surface area contributed by atoms with Crippen LogP contribution in [0.15, 0.2) is 17.6 Å². The molecular formula is C11H10ClIN2OS. The van der Waals surface area contributed by atoms with Crippen LogP contribution in [-0.4, -0.2) is 15.6 Å². The molecule has 6 heteroatoms. The fourth-order valence-electron chi connectivity index (χ4n) is 1.51. The van der Waals surface area contributed by atoms with Crippen molar-refractivity contribution in [2.45, 2.75) is 19.9 Å². The van der Waals surface area contributed by atoms with E-state index in [0.717, 1.165) is 2.88 Å². The van der Waals surface area contributed by atoms with Crippen molar-refractivity contribution >= 4 is 51.3 Å². The van der Waals surface area contributed by atoms with E-state index >= 15 is 0 Å². The van der Waals surface area contributed by atoms with Crippen molar-refractivity contribution < 1.29 is 4.79 Å². The summed E-state index contributed by atoms with van der Waals surface area (Å²) in [6, 6.07) is 1.97. The van der Waals surface area contributed by atoms with E-state index in [2.05, 4.69) is 27.7 Å². The van der Waals surface area contributed by atoms with Crippen LogP contribution in [0.25, 0.3) is 0 Å². The number of nitrogens with zero attached hydrogens (tertiary/aromatic N) is 2. The maximum atomic E-state index is 12.3. The smallest absolute Gasteiger partial charge is 0.213 e. The Morgan fingerprint density at radius 1 is 1.59 bits per heavy atom. The van der Waals surface area contributed by atoms with Gasteiger partial charge < -0.3 is 0 Å². The van der Waals surface area contributed by atoms with Crippen molar-refractivity contribution in [2.24, 2.45) is 0 Å². The van der Waals surface area contributed by atoms with Crippen LogP contribution in [0.2, 0.25) is 5.02 Å². The van der Waals surface area contributed by atoms with Crippen molar-refractivity contribution in [1.82, 2.24) is 9.78 Å². The van der Waals surface area contributed by atoms with Crippen LogP contribution in [0.1, 0.15) is 35.9 Å². The molecule has 0 aliphatic rings. The van der Waals surface area contributed by atoms with Gasteiger partial charge in [0.25, 0.3) is 0 Å². The molecule has 0 atom stereocenters. The summed E-state index contributed by atoms with van der Waals surface area (Å²) in [5.74, 6) is -0.0691. The monoisotopic (exact) mass is 380 g/mol. The Morgan fingerprint density at radius 2 is 2.29 bits per heavy atom. The number of halogens is 2. The molecule has 0 aliphatic heterocycles. The third-order valence-corrected chi connectivity index (χ3v) is 4.35. The SMILES string of the molecule is CC(C)n1ncc(Cl)c1C(=O)c1csc(I)c1. The topological polar surface area (TPSA) is 34.9 Å². The Balaban J connectivity index is 2.47. The van der Waals surface area contributed by atoms with Crippen molar-refractivity contribution in [2.75, 3.05) is 0 Å². The van der Waals surface area contributed by atoms with Crippen molar-refractivity contribution in [3.05, 3.63) is 36.8 Å². The molecular weight excluding hydrogens is 371 g/mol. The summed E-state index contributed by atoms with van der Waals surface area (Å²) in [6.07, 6.45) is 1.52. The number of aromatic nitrogens is 2. The zero-order valence-corrected chi connectivity index (χ0v) is 13.0. The highest BCUT2D eigenvalue weighted by molar-refractivity contribution is 14.1. The quantitative estimate of drug-likeness (QED) is 0.595. The minimum absolute atomic E-state index is 0.0691. The van der Waals surface area contributed by atoms with E-state index in [4.69, 9.17) is 11.6 Å². The summed E-state index contributed by atoms with van der Waals surface area (Å²) < 4.78 is 2.74. The lowest BCUT2D eigenvalue weighted by molar-refractivity contribution is 0.102. The Hall–Kier alpha value is -0.400. The molecule has 0 saturated heterocycles. The Bertz CT molecular complexity index is 562. The summed E-state index contributed by atoms with van der Waals surface area (Å²) in [4.78, 5) is 12.3. The Labute approximate surface area is 122 Å². The summed E-state index contributed by atoms with van der Waals surface area (Å²) >= 11 is 9.77. The van der Waals surface area contributed by atoms with E-state index in [-0.39, 0.29) is 11.8 Å². The van der Waals surface area contributed by atoms with E-state index in [1.807, 2.05) is 25.3 Å². The highest BCUT2D eigenvalue weighted by Gasteiger charge is 2.21. The first-order valence-corrected chi connectivity index (χ1v) is 7.36. The van der Waals surface area contributed by atoms with Gasteiger partial charge in [0.1, 0.15) is 5.69 Å². The van der Waals surface area contributed by atoms with Crippen LogP contribution in [0.4, 0.5) is 0 Å². The second-order valence-corrected chi connectivity index (χ2v) is 7.06. The van der Waals surface area contributed by atoms with Gasteiger partial charge in [-0.3, -0.25) is 9.48 Å². The number of ketones is 1. The molecule has 2 heterocycles. The molecule has 3 nitrogen and oxygen atoms in total. The molecule has 2 rings (SSSR count). The Morgan fingerprint density at radius 3 is 2.82 bits per heavy atom. The molecule has 90 valence electrons. The zero-order chi connectivity index (χ0) is 12.6. The average molecular weight is 381 g/mol. The molecule has 0 unspecified atom stereocenters. The predicted octanol–water partition coefficient (Wildman–Crippen LogP) is 4.01. The summed E-state index contributed by atoms with van der Waals surface area (Å²) in [5, 5.41) is 6.39. The van der Waals surface area contributed by atoms with Crippen LogP contribution in [0.3, 0.4) is 0 Å². The van der Waals surface area contributed by atoms with Gasteiger partial charge in [-0.05, 0) is 42.5 Å². The highest BCUT2D eigenvalue weighted by atomic mass is 127. The van der Waals surface area contributed by atoms with Gasteiger partial charge in [-0.15, -0.1) is 11.3 Å². The van der Waals surface area contributed by atoms with Gasteiger partial charge in [0.15, 0.2) is 0 Å². The van der Waals surface area contributed by atoms with E-state index in [0.29, 0.717) is 16.3 Å². The van der Waals surface area contributed by atoms with Gasteiger partial charge in [0, 0.05) is 17.0 Å². The molecule has 0 spiro atoms. The molecule has 0 bridgehead atoms. The second kappa shape index (κ2) is 5.07. The summed E-state index contributed by atoms with van der Waals surface area (Å²) in [7, 11) is 0. The number of rotatable bonds is 3. The second-order valence-electron chi connectivity index (χ2n) is 3.85. The molecule has 0 radical (unpaired) electrons. The van der Waals surface area contributed by atoms with Crippen LogP contribution in [0, 0.1) is 2.88 Å². The summed E-state index contributed by atoms with van der Waals surface area (Å²) in [5.41, 5.74) is 1.14.